The van der Waals surface area contributed by atoms with Crippen LogP contribution in [0.5, 0.6) is 0 Å². The van der Waals surface area contributed by atoms with Gasteiger partial charge in [0.25, 0.3) is 0 Å². The van der Waals surface area contributed by atoms with Gasteiger partial charge in [-0.3, -0.25) is 0 Å². The summed E-state index contributed by atoms with van der Waals surface area (Å²) in [4.78, 5) is 0. The van der Waals surface area contributed by atoms with E-state index >= 15 is 0 Å². The molecule has 4 unspecified atom stereocenters. The molecule has 18 heavy (non-hydrogen) atoms. The molecule has 1 saturated heterocycles. The van der Waals surface area contributed by atoms with E-state index in [9.17, 15) is 15.3 Å². The molecule has 1 fully saturated rings. The zero-order valence-electron chi connectivity index (χ0n) is 10.2. The first-order valence-corrected chi connectivity index (χ1v) is 6.91. The van der Waals surface area contributed by atoms with Crippen molar-refractivity contribution in [2.24, 2.45) is 0 Å². The van der Waals surface area contributed by atoms with E-state index in [-0.39, 0.29) is 11.9 Å². The molecule has 7 heteroatoms. The average Bonchev–Trinajstić information content (AvgIpc) is 2.39. The molecule has 4 N–H and O–H groups in total. The number of rotatable bonds is 6. The van der Waals surface area contributed by atoms with Crippen LogP contribution >= 0.6 is 11.8 Å². The molecule has 0 aromatic carbocycles. The van der Waals surface area contributed by atoms with Crippen LogP contribution < -0.4 is 0 Å². The Labute approximate surface area is 110 Å². The summed E-state index contributed by atoms with van der Waals surface area (Å²) in [6.07, 6.45) is -2.54. The fourth-order valence-corrected chi connectivity index (χ4v) is 2.03. The van der Waals surface area contributed by atoms with Crippen molar-refractivity contribution in [1.82, 2.24) is 0 Å². The maximum absolute atomic E-state index is 9.71. The monoisotopic (exact) mass is 280 g/mol. The van der Waals surface area contributed by atoms with Gasteiger partial charge in [0.15, 0.2) is 6.29 Å². The van der Waals surface area contributed by atoms with Crippen molar-refractivity contribution < 1.29 is 29.9 Å². The highest BCUT2D eigenvalue weighted by Crippen LogP contribution is 2.22. The fraction of sp³-hybridized carbons (Fsp3) is 0.818. The van der Waals surface area contributed by atoms with E-state index in [1.807, 2.05) is 6.26 Å². The van der Waals surface area contributed by atoms with E-state index in [0.717, 1.165) is 0 Å². The number of aliphatic hydroxyl groups excluding tert-OH is 4. The Bertz CT molecular complexity index is 262. The van der Waals surface area contributed by atoms with Crippen molar-refractivity contribution in [3.63, 3.8) is 0 Å². The lowest BCUT2D eigenvalue weighted by atomic mass is 9.99. The van der Waals surface area contributed by atoms with E-state index in [1.165, 1.54) is 11.8 Å². The molecule has 1 heterocycles. The highest BCUT2D eigenvalue weighted by molar-refractivity contribution is 7.99. The molecule has 0 spiro atoms. The summed E-state index contributed by atoms with van der Waals surface area (Å²) in [6.45, 7) is 3.44. The lowest BCUT2D eigenvalue weighted by molar-refractivity contribution is -0.300. The molecule has 1 rings (SSSR count). The predicted molar refractivity (Wildman–Crippen MR) is 67.2 cm³/mol. The summed E-state index contributed by atoms with van der Waals surface area (Å²) >= 11 is 1.53. The maximum atomic E-state index is 9.71. The second-order valence-corrected chi connectivity index (χ2v) is 5.12. The van der Waals surface area contributed by atoms with Gasteiger partial charge in [-0.2, -0.15) is 11.8 Å². The lowest BCUT2D eigenvalue weighted by Crippen LogP contribution is -2.59. The molecule has 0 aliphatic carbocycles. The zero-order valence-corrected chi connectivity index (χ0v) is 11.0. The van der Waals surface area contributed by atoms with Crippen LogP contribution in [0.4, 0.5) is 0 Å². The van der Waals surface area contributed by atoms with Gasteiger partial charge in [-0.1, -0.05) is 6.08 Å². The normalized spacial score (nSPS) is 38.4. The summed E-state index contributed by atoms with van der Waals surface area (Å²) in [5, 5.41) is 37.9. The molecule has 0 radical (unpaired) electrons. The van der Waals surface area contributed by atoms with Crippen LogP contribution in [-0.4, -0.2) is 75.9 Å². The highest BCUT2D eigenvalue weighted by Gasteiger charge is 2.44. The van der Waals surface area contributed by atoms with Gasteiger partial charge in [-0.25, -0.2) is 0 Å². The third-order valence-electron chi connectivity index (χ3n) is 2.84. The van der Waals surface area contributed by atoms with Crippen molar-refractivity contribution in [2.45, 2.75) is 36.0 Å². The van der Waals surface area contributed by atoms with Crippen LogP contribution in [0.1, 0.15) is 0 Å². The van der Waals surface area contributed by atoms with Crippen molar-refractivity contribution in [3.05, 3.63) is 12.7 Å². The molecule has 0 saturated carbocycles. The first-order chi connectivity index (χ1) is 8.54. The standard InChI is InChI=1S/C11H20O6S/c1-3-6(18-2)5-16-11-10(15)9(14)8(13)7(4-12)17-11/h3,6-15H,1,4-5H2,2H3/t6?,7?,8-,9-,10?,11?/m0/s1. The maximum Gasteiger partial charge on any atom is 0.186 e. The minimum atomic E-state index is -1.41. The van der Waals surface area contributed by atoms with E-state index in [2.05, 4.69) is 6.58 Å². The Kier molecular flexibility index (Phi) is 6.58. The molecule has 1 aliphatic heterocycles. The lowest BCUT2D eigenvalue weighted by Gasteiger charge is -2.39. The van der Waals surface area contributed by atoms with Crippen molar-refractivity contribution in [3.8, 4) is 0 Å². The van der Waals surface area contributed by atoms with Crippen LogP contribution in [-0.2, 0) is 9.47 Å². The minimum absolute atomic E-state index is 0.0392. The van der Waals surface area contributed by atoms with Crippen molar-refractivity contribution >= 4 is 11.8 Å². The summed E-state index contributed by atoms with van der Waals surface area (Å²) in [7, 11) is 0. The third kappa shape index (κ3) is 3.67. The molecule has 1 aliphatic rings. The number of ether oxygens (including phenoxy) is 2. The Morgan fingerprint density at radius 1 is 1.33 bits per heavy atom. The summed E-state index contributed by atoms with van der Waals surface area (Å²) in [6, 6.07) is 0. The quantitative estimate of drug-likeness (QED) is 0.450. The Balaban J connectivity index is 2.56. The topological polar surface area (TPSA) is 99.4 Å². The van der Waals surface area contributed by atoms with E-state index in [0.29, 0.717) is 0 Å². The first-order valence-electron chi connectivity index (χ1n) is 5.62. The number of thioether (sulfide) groups is 1. The Morgan fingerprint density at radius 2 is 2.00 bits per heavy atom. The van der Waals surface area contributed by atoms with Crippen LogP contribution in [0.25, 0.3) is 0 Å². The highest BCUT2D eigenvalue weighted by atomic mass is 32.2. The van der Waals surface area contributed by atoms with Crippen LogP contribution in [0, 0.1) is 0 Å². The number of hydrogen-bond donors (Lipinski definition) is 4. The molecule has 0 aromatic rings. The van der Waals surface area contributed by atoms with Gasteiger partial charge in [-0.15, -0.1) is 6.58 Å². The minimum Gasteiger partial charge on any atom is -0.394 e. The van der Waals surface area contributed by atoms with Crippen molar-refractivity contribution in [1.29, 1.82) is 0 Å². The molecular formula is C11H20O6S. The zero-order chi connectivity index (χ0) is 13.7. The molecule has 0 amide bonds. The largest absolute Gasteiger partial charge is 0.394 e. The van der Waals surface area contributed by atoms with Gasteiger partial charge < -0.3 is 29.9 Å². The van der Waals surface area contributed by atoms with Crippen LogP contribution in [0.2, 0.25) is 0 Å². The Morgan fingerprint density at radius 3 is 2.50 bits per heavy atom. The van der Waals surface area contributed by atoms with Gasteiger partial charge in [0.2, 0.25) is 0 Å². The number of hydrogen-bond acceptors (Lipinski definition) is 7. The van der Waals surface area contributed by atoms with Gasteiger partial charge >= 0.3 is 0 Å². The van der Waals surface area contributed by atoms with Gasteiger partial charge in [0.1, 0.15) is 24.4 Å². The summed E-state index contributed by atoms with van der Waals surface area (Å²) in [5.74, 6) is 0. The van der Waals surface area contributed by atoms with E-state index < -0.39 is 37.3 Å². The summed E-state index contributed by atoms with van der Waals surface area (Å²) in [5.41, 5.74) is 0. The van der Waals surface area contributed by atoms with Gasteiger partial charge in [0.05, 0.1) is 13.2 Å². The second kappa shape index (κ2) is 7.44. The molecular weight excluding hydrogens is 260 g/mol. The molecule has 0 bridgehead atoms. The Hall–Kier alpha value is -0.150. The van der Waals surface area contributed by atoms with Gasteiger partial charge in [-0.05, 0) is 6.26 Å². The molecule has 0 aromatic heterocycles. The first kappa shape index (κ1) is 15.9. The average molecular weight is 280 g/mol. The number of aliphatic hydroxyl groups is 4. The fourth-order valence-electron chi connectivity index (χ4n) is 1.63. The van der Waals surface area contributed by atoms with E-state index in [1.54, 1.807) is 6.08 Å². The SMILES string of the molecule is C=CC(COC1OC(CO)[C@H](O)[C@H](O)C1O)SC. The summed E-state index contributed by atoms with van der Waals surface area (Å²) < 4.78 is 10.5. The smallest absolute Gasteiger partial charge is 0.186 e. The van der Waals surface area contributed by atoms with E-state index in [4.69, 9.17) is 14.6 Å². The van der Waals surface area contributed by atoms with Gasteiger partial charge in [0, 0.05) is 5.25 Å². The second-order valence-electron chi connectivity index (χ2n) is 4.04. The third-order valence-corrected chi connectivity index (χ3v) is 3.77. The predicted octanol–water partition coefficient (Wildman–Crippen LogP) is -1.28. The molecule has 6 nitrogen and oxygen atoms in total. The van der Waals surface area contributed by atoms with Crippen molar-refractivity contribution in [2.75, 3.05) is 19.5 Å². The van der Waals surface area contributed by atoms with Crippen LogP contribution in [0.15, 0.2) is 12.7 Å². The van der Waals surface area contributed by atoms with Crippen LogP contribution in [0.3, 0.4) is 0 Å². The molecule has 6 atom stereocenters. The molecule has 106 valence electrons.